The van der Waals surface area contributed by atoms with Crippen molar-refractivity contribution in [2.75, 3.05) is 37.2 Å². The molecule has 2 aromatic rings. The Balaban J connectivity index is 1.60. The second-order valence-electron chi connectivity index (χ2n) is 6.36. The van der Waals surface area contributed by atoms with Crippen molar-refractivity contribution in [1.29, 1.82) is 0 Å². The Morgan fingerprint density at radius 2 is 1.85 bits per heavy atom. The van der Waals surface area contributed by atoms with Crippen LogP contribution in [0.4, 0.5) is 5.69 Å². The molecule has 0 unspecified atom stereocenters. The second-order valence-corrected chi connectivity index (χ2v) is 9.05. The first-order valence-corrected chi connectivity index (χ1v) is 11.1. The molecule has 1 aromatic carbocycles. The Bertz CT molecular complexity index is 870. The van der Waals surface area contributed by atoms with Gasteiger partial charge in [-0.1, -0.05) is 12.1 Å². The Morgan fingerprint density at radius 1 is 1.19 bits per heavy atom. The van der Waals surface area contributed by atoms with Gasteiger partial charge in [-0.25, -0.2) is 13.4 Å². The number of nitrogens with one attached hydrogen (secondary N) is 1. The van der Waals surface area contributed by atoms with E-state index < -0.39 is 10.0 Å². The summed E-state index contributed by atoms with van der Waals surface area (Å²) < 4.78 is 25.0. The SMILES string of the molecule is CC(=O)N1CCN(Cc2nc(-c3ccc(NS(C)(=O)=O)cc3)cs2)CC1. The number of nitrogens with zero attached hydrogens (tertiary/aromatic N) is 3. The van der Waals surface area contributed by atoms with Crippen molar-refractivity contribution < 1.29 is 13.2 Å². The maximum Gasteiger partial charge on any atom is 0.229 e. The number of carbonyl (C=O) groups excluding carboxylic acids is 1. The zero-order chi connectivity index (χ0) is 18.7. The predicted octanol–water partition coefficient (Wildman–Crippen LogP) is 1.85. The molecular formula is C17H22N4O3S2. The van der Waals surface area contributed by atoms with Crippen LogP contribution in [0.2, 0.25) is 0 Å². The molecule has 1 aliphatic heterocycles. The Labute approximate surface area is 157 Å². The first-order valence-electron chi connectivity index (χ1n) is 8.31. The maximum atomic E-state index is 11.4. The normalized spacial score (nSPS) is 15.8. The fourth-order valence-electron chi connectivity index (χ4n) is 2.85. The smallest absolute Gasteiger partial charge is 0.229 e. The fraction of sp³-hybridized carbons (Fsp3) is 0.412. The zero-order valence-electron chi connectivity index (χ0n) is 14.8. The second kappa shape index (κ2) is 7.73. The predicted molar refractivity (Wildman–Crippen MR) is 104 cm³/mol. The van der Waals surface area contributed by atoms with Crippen LogP contribution in [0.1, 0.15) is 11.9 Å². The minimum Gasteiger partial charge on any atom is -0.340 e. The van der Waals surface area contributed by atoms with Crippen molar-refractivity contribution in [2.24, 2.45) is 0 Å². The number of rotatable bonds is 5. The summed E-state index contributed by atoms with van der Waals surface area (Å²) in [5.41, 5.74) is 2.38. The van der Waals surface area contributed by atoms with Gasteiger partial charge in [0.05, 0.1) is 18.5 Å². The molecular weight excluding hydrogens is 372 g/mol. The lowest BCUT2D eigenvalue weighted by atomic mass is 10.1. The third kappa shape index (κ3) is 5.03. The van der Waals surface area contributed by atoms with Gasteiger partial charge >= 0.3 is 0 Å². The molecule has 2 heterocycles. The van der Waals surface area contributed by atoms with Gasteiger partial charge < -0.3 is 4.90 Å². The van der Waals surface area contributed by atoms with Crippen molar-refractivity contribution in [3.63, 3.8) is 0 Å². The molecule has 1 aromatic heterocycles. The summed E-state index contributed by atoms with van der Waals surface area (Å²) in [6.07, 6.45) is 1.13. The monoisotopic (exact) mass is 394 g/mol. The van der Waals surface area contributed by atoms with E-state index in [1.54, 1.807) is 30.4 Å². The highest BCUT2D eigenvalue weighted by Crippen LogP contribution is 2.24. The highest BCUT2D eigenvalue weighted by molar-refractivity contribution is 7.92. The molecule has 9 heteroatoms. The minimum absolute atomic E-state index is 0.134. The molecule has 0 bridgehead atoms. The maximum absolute atomic E-state index is 11.4. The van der Waals surface area contributed by atoms with Crippen LogP contribution in [0.3, 0.4) is 0 Å². The number of aromatic nitrogens is 1. The van der Waals surface area contributed by atoms with Crippen molar-refractivity contribution in [3.05, 3.63) is 34.7 Å². The van der Waals surface area contributed by atoms with Gasteiger partial charge in [-0.15, -0.1) is 11.3 Å². The van der Waals surface area contributed by atoms with Crippen molar-refractivity contribution in [1.82, 2.24) is 14.8 Å². The number of amides is 1. The summed E-state index contributed by atoms with van der Waals surface area (Å²) in [6, 6.07) is 7.18. The van der Waals surface area contributed by atoms with Crippen LogP contribution >= 0.6 is 11.3 Å². The number of hydrogen-bond donors (Lipinski definition) is 1. The molecule has 1 N–H and O–H groups in total. The van der Waals surface area contributed by atoms with Crippen LogP contribution < -0.4 is 4.72 Å². The zero-order valence-corrected chi connectivity index (χ0v) is 16.4. The number of piperazine rings is 1. The van der Waals surface area contributed by atoms with E-state index in [4.69, 9.17) is 4.98 Å². The van der Waals surface area contributed by atoms with E-state index in [0.29, 0.717) is 5.69 Å². The molecule has 3 rings (SSSR count). The van der Waals surface area contributed by atoms with Crippen molar-refractivity contribution in [3.8, 4) is 11.3 Å². The summed E-state index contributed by atoms with van der Waals surface area (Å²) in [5, 5.41) is 3.05. The van der Waals surface area contributed by atoms with E-state index in [0.717, 1.165) is 55.2 Å². The molecule has 0 saturated carbocycles. The lowest BCUT2D eigenvalue weighted by Gasteiger charge is -2.33. The molecule has 0 radical (unpaired) electrons. The van der Waals surface area contributed by atoms with Gasteiger partial charge in [0.25, 0.3) is 0 Å². The number of sulfonamides is 1. The van der Waals surface area contributed by atoms with Crippen molar-refractivity contribution in [2.45, 2.75) is 13.5 Å². The van der Waals surface area contributed by atoms with E-state index in [9.17, 15) is 13.2 Å². The van der Waals surface area contributed by atoms with Crippen molar-refractivity contribution >= 4 is 33.0 Å². The van der Waals surface area contributed by atoms with E-state index in [1.807, 2.05) is 22.4 Å². The summed E-state index contributed by atoms with van der Waals surface area (Å²) in [5.74, 6) is 0.134. The van der Waals surface area contributed by atoms with Crippen LogP contribution in [0.5, 0.6) is 0 Å². The molecule has 140 valence electrons. The highest BCUT2D eigenvalue weighted by atomic mass is 32.2. The van der Waals surface area contributed by atoms with Gasteiger partial charge in [0.1, 0.15) is 5.01 Å². The summed E-state index contributed by atoms with van der Waals surface area (Å²) in [6.45, 7) is 5.65. The first kappa shape index (κ1) is 18.8. The average molecular weight is 395 g/mol. The van der Waals surface area contributed by atoms with Gasteiger partial charge in [-0.3, -0.25) is 14.4 Å². The van der Waals surface area contributed by atoms with Gasteiger partial charge in [0.2, 0.25) is 15.9 Å². The summed E-state index contributed by atoms with van der Waals surface area (Å²) >= 11 is 1.61. The van der Waals surface area contributed by atoms with Crippen LogP contribution in [0.25, 0.3) is 11.3 Å². The molecule has 26 heavy (non-hydrogen) atoms. The molecule has 7 nitrogen and oxygen atoms in total. The van der Waals surface area contributed by atoms with Crippen LogP contribution in [0, 0.1) is 0 Å². The van der Waals surface area contributed by atoms with E-state index in [-0.39, 0.29) is 5.91 Å². The van der Waals surface area contributed by atoms with Gasteiger partial charge in [0, 0.05) is 49.7 Å². The van der Waals surface area contributed by atoms with Crippen LogP contribution in [-0.4, -0.2) is 61.5 Å². The molecule has 0 spiro atoms. The Morgan fingerprint density at radius 3 is 2.42 bits per heavy atom. The molecule has 0 aliphatic carbocycles. The van der Waals surface area contributed by atoms with E-state index >= 15 is 0 Å². The lowest BCUT2D eigenvalue weighted by Crippen LogP contribution is -2.47. The largest absolute Gasteiger partial charge is 0.340 e. The average Bonchev–Trinajstić information content (AvgIpc) is 3.03. The fourth-order valence-corrected chi connectivity index (χ4v) is 4.26. The van der Waals surface area contributed by atoms with E-state index in [1.165, 1.54) is 0 Å². The number of carbonyl (C=O) groups is 1. The van der Waals surface area contributed by atoms with Gasteiger partial charge in [-0.05, 0) is 12.1 Å². The standard InChI is InChI=1S/C17H22N4O3S2/c1-13(22)21-9-7-20(8-10-21)11-17-18-16(12-25-17)14-3-5-15(6-4-14)19-26(2,23)24/h3-6,12,19H,7-11H2,1-2H3. The van der Waals surface area contributed by atoms with Gasteiger partial charge in [0.15, 0.2) is 0 Å². The summed E-state index contributed by atoms with van der Waals surface area (Å²) in [7, 11) is -3.27. The molecule has 1 amide bonds. The number of thiazole rings is 1. The number of benzene rings is 1. The highest BCUT2D eigenvalue weighted by Gasteiger charge is 2.19. The topological polar surface area (TPSA) is 82.6 Å². The molecule has 1 saturated heterocycles. The first-order chi connectivity index (χ1) is 12.3. The lowest BCUT2D eigenvalue weighted by molar-refractivity contribution is -0.130. The Hall–Kier alpha value is -1.97. The van der Waals surface area contributed by atoms with Gasteiger partial charge in [-0.2, -0.15) is 0 Å². The third-order valence-electron chi connectivity index (χ3n) is 4.21. The summed E-state index contributed by atoms with van der Waals surface area (Å²) in [4.78, 5) is 20.3. The Kier molecular flexibility index (Phi) is 5.59. The molecule has 0 atom stereocenters. The quantitative estimate of drug-likeness (QED) is 0.837. The number of anilines is 1. The molecule has 1 fully saturated rings. The van der Waals surface area contributed by atoms with Crippen LogP contribution in [-0.2, 0) is 21.4 Å². The minimum atomic E-state index is -3.27. The molecule has 1 aliphatic rings. The van der Waals surface area contributed by atoms with Crippen LogP contribution in [0.15, 0.2) is 29.6 Å². The number of hydrogen-bond acceptors (Lipinski definition) is 6. The van der Waals surface area contributed by atoms with E-state index in [2.05, 4.69) is 9.62 Å². The third-order valence-corrected chi connectivity index (χ3v) is 5.65.